The predicted octanol–water partition coefficient (Wildman–Crippen LogP) is 3.94. The number of nitrogens with zero attached hydrogens (tertiary/aromatic N) is 4. The maximum atomic E-state index is 12.2. The highest BCUT2D eigenvalue weighted by Crippen LogP contribution is 2.19. The molecule has 1 aromatic rings. The molecule has 0 aromatic carbocycles. The third kappa shape index (κ3) is 6.67. The number of hydrogen-bond donors (Lipinski definition) is 0. The van der Waals surface area contributed by atoms with Crippen molar-refractivity contribution in [3.05, 3.63) is 18.5 Å². The predicted molar refractivity (Wildman–Crippen MR) is 101 cm³/mol. The normalized spacial score (nSPS) is 10.8. The lowest BCUT2D eigenvalue weighted by molar-refractivity contribution is -0.127. The van der Waals surface area contributed by atoms with Crippen molar-refractivity contribution in [2.75, 3.05) is 18.8 Å². The summed E-state index contributed by atoms with van der Waals surface area (Å²) in [4.78, 5) is 14.0. The van der Waals surface area contributed by atoms with Crippen molar-refractivity contribution in [1.29, 1.82) is 0 Å². The van der Waals surface area contributed by atoms with Crippen molar-refractivity contribution >= 4 is 17.7 Å². The lowest BCUT2D eigenvalue weighted by Gasteiger charge is -2.18. The molecule has 0 unspecified atom stereocenters. The second-order valence-corrected chi connectivity index (χ2v) is 6.76. The Kier molecular flexibility index (Phi) is 10.5. The van der Waals surface area contributed by atoms with Gasteiger partial charge in [0.2, 0.25) is 5.91 Å². The molecule has 0 saturated carbocycles. The zero-order chi connectivity index (χ0) is 17.8. The summed E-state index contributed by atoms with van der Waals surface area (Å²) in [6.45, 7) is 12.2. The number of thioether (sulfide) groups is 1. The maximum Gasteiger partial charge on any atom is 0.233 e. The van der Waals surface area contributed by atoms with Gasteiger partial charge in [0.25, 0.3) is 0 Å². The van der Waals surface area contributed by atoms with Crippen LogP contribution in [0.2, 0.25) is 0 Å². The minimum absolute atomic E-state index is 0.152. The van der Waals surface area contributed by atoms with Gasteiger partial charge in [-0.15, -0.1) is 16.8 Å². The van der Waals surface area contributed by atoms with Crippen LogP contribution in [0.3, 0.4) is 0 Å². The second-order valence-electron chi connectivity index (χ2n) is 5.82. The van der Waals surface area contributed by atoms with Gasteiger partial charge in [-0.1, -0.05) is 50.4 Å². The minimum Gasteiger partial charge on any atom is -0.343 e. The molecule has 136 valence electrons. The van der Waals surface area contributed by atoms with E-state index in [4.69, 9.17) is 0 Å². The summed E-state index contributed by atoms with van der Waals surface area (Å²) in [7, 11) is 0. The third-order valence-electron chi connectivity index (χ3n) is 4.05. The second kappa shape index (κ2) is 12.1. The topological polar surface area (TPSA) is 51.0 Å². The fourth-order valence-corrected chi connectivity index (χ4v) is 3.47. The average Bonchev–Trinajstić information content (AvgIpc) is 2.96. The standard InChI is InChI=1S/C18H32N4OS/c1-5-9-10-11-12-13-16-19-20-18(22(16)14-6-2)24-15-17(23)21(7-3)8-4/h6H,2,5,7-15H2,1,3-4H3. The molecular weight excluding hydrogens is 320 g/mol. The zero-order valence-corrected chi connectivity index (χ0v) is 16.3. The number of amides is 1. The van der Waals surface area contributed by atoms with E-state index >= 15 is 0 Å². The van der Waals surface area contributed by atoms with Crippen LogP contribution in [0.15, 0.2) is 17.8 Å². The van der Waals surface area contributed by atoms with Crippen LogP contribution in [0.5, 0.6) is 0 Å². The van der Waals surface area contributed by atoms with E-state index in [1.165, 1.54) is 37.4 Å². The summed E-state index contributed by atoms with van der Waals surface area (Å²) >= 11 is 1.47. The molecule has 1 aromatic heterocycles. The van der Waals surface area contributed by atoms with Gasteiger partial charge >= 0.3 is 0 Å². The number of carbonyl (C=O) groups is 1. The largest absolute Gasteiger partial charge is 0.343 e. The summed E-state index contributed by atoms with van der Waals surface area (Å²) in [5.74, 6) is 1.57. The van der Waals surface area contributed by atoms with Gasteiger partial charge in [0.1, 0.15) is 5.82 Å². The van der Waals surface area contributed by atoms with E-state index in [2.05, 4.69) is 28.3 Å². The Bertz CT molecular complexity index is 497. The first-order valence-electron chi connectivity index (χ1n) is 9.11. The fraction of sp³-hybridized carbons (Fsp3) is 0.722. The molecule has 1 heterocycles. The first-order chi connectivity index (χ1) is 11.7. The number of aromatic nitrogens is 3. The molecule has 0 N–H and O–H groups in total. The van der Waals surface area contributed by atoms with E-state index in [0.29, 0.717) is 12.3 Å². The van der Waals surface area contributed by atoms with Crippen molar-refractivity contribution in [2.45, 2.75) is 71.0 Å². The monoisotopic (exact) mass is 352 g/mol. The van der Waals surface area contributed by atoms with Crippen LogP contribution >= 0.6 is 11.8 Å². The molecule has 0 aliphatic heterocycles. The molecule has 5 nitrogen and oxygen atoms in total. The molecule has 0 aliphatic rings. The molecule has 0 aliphatic carbocycles. The van der Waals surface area contributed by atoms with Crippen molar-refractivity contribution in [3.8, 4) is 0 Å². The van der Waals surface area contributed by atoms with Gasteiger partial charge in [0, 0.05) is 26.1 Å². The van der Waals surface area contributed by atoms with Gasteiger partial charge in [-0.25, -0.2) is 0 Å². The third-order valence-corrected chi connectivity index (χ3v) is 5.00. The highest BCUT2D eigenvalue weighted by atomic mass is 32.2. The molecule has 1 amide bonds. The molecule has 0 saturated heterocycles. The summed E-state index contributed by atoms with van der Waals surface area (Å²) in [6.07, 6.45) is 9.01. The van der Waals surface area contributed by atoms with Crippen molar-refractivity contribution in [3.63, 3.8) is 0 Å². The quantitative estimate of drug-likeness (QED) is 0.306. The van der Waals surface area contributed by atoms with E-state index < -0.39 is 0 Å². The highest BCUT2D eigenvalue weighted by molar-refractivity contribution is 7.99. The van der Waals surface area contributed by atoms with Crippen molar-refractivity contribution in [2.24, 2.45) is 0 Å². The van der Waals surface area contributed by atoms with Crippen molar-refractivity contribution in [1.82, 2.24) is 19.7 Å². The number of rotatable bonds is 13. The minimum atomic E-state index is 0.152. The Hall–Kier alpha value is -1.30. The van der Waals surface area contributed by atoms with Gasteiger partial charge in [-0.3, -0.25) is 4.79 Å². The summed E-state index contributed by atoms with van der Waals surface area (Å²) in [5, 5.41) is 9.44. The Morgan fingerprint density at radius 2 is 1.88 bits per heavy atom. The lowest BCUT2D eigenvalue weighted by atomic mass is 10.1. The smallest absolute Gasteiger partial charge is 0.233 e. The highest BCUT2D eigenvalue weighted by Gasteiger charge is 2.15. The molecule has 0 atom stereocenters. The zero-order valence-electron chi connectivity index (χ0n) is 15.5. The maximum absolute atomic E-state index is 12.2. The van der Waals surface area contributed by atoms with E-state index in [9.17, 15) is 4.79 Å². The summed E-state index contributed by atoms with van der Waals surface area (Å²) < 4.78 is 2.09. The molecule has 0 radical (unpaired) electrons. The Morgan fingerprint density at radius 1 is 1.17 bits per heavy atom. The average molecular weight is 353 g/mol. The fourth-order valence-electron chi connectivity index (χ4n) is 2.60. The van der Waals surface area contributed by atoms with Gasteiger partial charge in [-0.05, 0) is 20.3 Å². The van der Waals surface area contributed by atoms with Gasteiger partial charge in [0.05, 0.1) is 5.75 Å². The summed E-state index contributed by atoms with van der Waals surface area (Å²) in [5.41, 5.74) is 0. The number of hydrogen-bond acceptors (Lipinski definition) is 4. The van der Waals surface area contributed by atoms with Crippen LogP contribution in [0.25, 0.3) is 0 Å². The number of aryl methyl sites for hydroxylation is 1. The SMILES string of the molecule is C=CCn1c(CCCCCCC)nnc1SCC(=O)N(CC)CC. The number of unbranched alkanes of at least 4 members (excludes halogenated alkanes) is 4. The van der Waals surface area contributed by atoms with E-state index in [1.807, 2.05) is 24.8 Å². The molecule has 24 heavy (non-hydrogen) atoms. The van der Waals surface area contributed by atoms with Crippen LogP contribution in [-0.4, -0.2) is 44.4 Å². The van der Waals surface area contributed by atoms with E-state index in [1.54, 1.807) is 0 Å². The Morgan fingerprint density at radius 3 is 2.50 bits per heavy atom. The van der Waals surface area contributed by atoms with Crippen LogP contribution < -0.4 is 0 Å². The van der Waals surface area contributed by atoms with Gasteiger partial charge < -0.3 is 9.47 Å². The lowest BCUT2D eigenvalue weighted by Crippen LogP contribution is -2.31. The van der Waals surface area contributed by atoms with Crippen LogP contribution in [-0.2, 0) is 17.8 Å². The van der Waals surface area contributed by atoms with Crippen LogP contribution in [0.1, 0.15) is 58.7 Å². The number of carbonyl (C=O) groups excluding carboxylic acids is 1. The van der Waals surface area contributed by atoms with Crippen LogP contribution in [0.4, 0.5) is 0 Å². The molecule has 6 heteroatoms. The summed E-state index contributed by atoms with van der Waals surface area (Å²) in [6, 6.07) is 0. The van der Waals surface area contributed by atoms with Crippen molar-refractivity contribution < 1.29 is 4.79 Å². The van der Waals surface area contributed by atoms with E-state index in [0.717, 1.165) is 36.9 Å². The first kappa shape index (κ1) is 20.7. The Balaban J connectivity index is 2.60. The molecule has 1 rings (SSSR count). The first-order valence-corrected chi connectivity index (χ1v) is 10.1. The molecule has 0 fully saturated rings. The van der Waals surface area contributed by atoms with Gasteiger partial charge in [-0.2, -0.15) is 0 Å². The molecule has 0 bridgehead atoms. The molecule has 0 spiro atoms. The van der Waals surface area contributed by atoms with E-state index in [-0.39, 0.29) is 5.91 Å². The number of allylic oxidation sites excluding steroid dienone is 1. The Labute approximate surface area is 150 Å². The molecular formula is C18H32N4OS. The van der Waals surface area contributed by atoms with Gasteiger partial charge in [0.15, 0.2) is 5.16 Å². The van der Waals surface area contributed by atoms with Crippen LogP contribution in [0, 0.1) is 0 Å².